The van der Waals surface area contributed by atoms with Gasteiger partial charge >= 0.3 is 0 Å². The van der Waals surface area contributed by atoms with Gasteiger partial charge in [0.2, 0.25) is 0 Å². The van der Waals surface area contributed by atoms with Crippen LogP contribution < -0.4 is 15.8 Å². The van der Waals surface area contributed by atoms with E-state index in [9.17, 15) is 20.4 Å². The molecule has 1 heterocycles. The fourth-order valence-corrected chi connectivity index (χ4v) is 17.1. The predicted molar refractivity (Wildman–Crippen MR) is 297 cm³/mol. The molecule has 8 aliphatic carbocycles. The van der Waals surface area contributed by atoms with Crippen molar-refractivity contribution in [2.45, 2.75) is 171 Å². The molecular formula is C66H81N3O7. The Labute approximate surface area is 450 Å². The molecule has 402 valence electrons. The fourth-order valence-electron chi connectivity index (χ4n) is 17.1. The highest BCUT2D eigenvalue weighted by Gasteiger charge is 2.51. The van der Waals surface area contributed by atoms with Gasteiger partial charge in [-0.25, -0.2) is 4.99 Å². The number of phenols is 2. The Morgan fingerprint density at radius 3 is 2.55 bits per heavy atom. The second kappa shape index (κ2) is 21.1. The zero-order chi connectivity index (χ0) is 52.3. The summed E-state index contributed by atoms with van der Waals surface area (Å²) in [6.45, 7) is 2.60. The number of hydrogen-bond acceptors (Lipinski definition) is 10. The molecule has 3 aromatic carbocycles. The van der Waals surface area contributed by atoms with Crippen molar-refractivity contribution >= 4 is 11.7 Å². The Balaban J connectivity index is 1.06. The van der Waals surface area contributed by atoms with E-state index in [0.29, 0.717) is 56.3 Å². The van der Waals surface area contributed by atoms with Gasteiger partial charge in [-0.15, -0.1) is 0 Å². The summed E-state index contributed by atoms with van der Waals surface area (Å²) >= 11 is 0. The number of aromatic hydroxyl groups is 2. The van der Waals surface area contributed by atoms with Gasteiger partial charge in [-0.2, -0.15) is 0 Å². The molecule has 1 spiro atoms. The zero-order valence-electron chi connectivity index (χ0n) is 45.0. The first-order valence-electron chi connectivity index (χ1n) is 29.4. The first-order chi connectivity index (χ1) is 37.0. The van der Waals surface area contributed by atoms with Gasteiger partial charge in [-0.1, -0.05) is 92.2 Å². The topological polar surface area (TPSA) is 167 Å². The summed E-state index contributed by atoms with van der Waals surface area (Å²) in [4.78, 5) is 20.7. The molecule has 0 amide bonds. The Morgan fingerprint density at radius 1 is 0.921 bits per heavy atom. The van der Waals surface area contributed by atoms with Crippen LogP contribution in [0.4, 0.5) is 0 Å². The third-order valence-corrected chi connectivity index (χ3v) is 20.4. The second-order valence-electron chi connectivity index (χ2n) is 25.1. The first-order valence-corrected chi connectivity index (χ1v) is 29.4. The fraction of sp³-hybridized carbons (Fsp3) is 0.576. The van der Waals surface area contributed by atoms with Gasteiger partial charge in [0.1, 0.15) is 5.75 Å². The van der Waals surface area contributed by atoms with E-state index in [2.05, 4.69) is 78.7 Å². The van der Waals surface area contributed by atoms with Crippen LogP contribution in [0.3, 0.4) is 0 Å². The number of aliphatic hydroxyl groups is 2. The van der Waals surface area contributed by atoms with E-state index in [1.165, 1.54) is 23.1 Å². The van der Waals surface area contributed by atoms with Crippen LogP contribution in [0.5, 0.6) is 17.2 Å². The Kier molecular flexibility index (Phi) is 14.3. The number of carbonyl (C=O) groups is 1. The van der Waals surface area contributed by atoms with Crippen molar-refractivity contribution in [3.63, 3.8) is 0 Å². The van der Waals surface area contributed by atoms with Crippen molar-refractivity contribution in [3.8, 4) is 29.1 Å². The van der Waals surface area contributed by atoms with E-state index >= 15 is 4.79 Å². The van der Waals surface area contributed by atoms with Crippen LogP contribution in [0.25, 0.3) is 0 Å². The van der Waals surface area contributed by atoms with Crippen molar-refractivity contribution in [1.29, 1.82) is 0 Å². The number of rotatable bonds is 7. The van der Waals surface area contributed by atoms with Crippen LogP contribution >= 0.6 is 0 Å². The number of methoxy groups -OCH3 is 1. The van der Waals surface area contributed by atoms with E-state index < -0.39 is 5.41 Å². The average molecular weight is 1030 g/mol. The highest BCUT2D eigenvalue weighted by Crippen LogP contribution is 2.61. The monoisotopic (exact) mass is 1030 g/mol. The molecule has 0 aromatic heterocycles. The molecule has 11 atom stereocenters. The SMILES string of the molecule is COC[C@H]1[C@@H]2c3c(O)c(OC4CCCC4)cc([C@H]4CC[C@H]5C[C@]6(CO)C=CCC[C@@H]6C(CO)=C5C(=O)C4)c3C#CC[C@H]3C[C@H]1C=C1[C@@H](C[C@H](C)C[C@@H]12)c1cc(O)cc(c1)Cc1cccc(c1)C1(CCCCC1)NC(N)=N3. The number of nitrogens with one attached hydrogen (secondary N) is 1. The summed E-state index contributed by atoms with van der Waals surface area (Å²) in [6.07, 6.45) is 23.7. The second-order valence-corrected chi connectivity index (χ2v) is 25.1. The van der Waals surface area contributed by atoms with Gasteiger partial charge in [-0.05, 0) is 189 Å². The maximum absolute atomic E-state index is 15.2. The standard InChI is InChI=1S/C66H81N3O7/c1-39-24-51-44-27-41(29-48(72)31-44)26-40-12-10-13-46(28-40)66(22-7-3-8-23-66)69-64(67)68-47-14-11-17-50-52(42-19-20-43-35-65(38-71)21-9-6-18-57(65)55(36-70)60(43)58(73)33-42)34-59(76-49-15-4-5-16-49)63(74)62(50)61-54(25-39)53(51)32-45(30-47)56(61)37-75-2/h9-10,12-13,21,27-29,31-32,34,39,42-43,45,47,49,51,54,56-57,61,70-72,74H,3-8,14-16,18-20,22-26,30,33,35-38H2,1-2H3,(H3,67,68,69)/t39-,42-,43-,45-,47-,51-,54-,56+,57+,61+,65-/m0/s1. The number of nitrogens with two attached hydrogens (primary N) is 1. The van der Waals surface area contributed by atoms with Crippen molar-refractivity contribution in [2.75, 3.05) is 26.9 Å². The number of ether oxygens (including phenoxy) is 2. The largest absolute Gasteiger partial charge is 0.508 e. The van der Waals surface area contributed by atoms with Gasteiger partial charge in [0, 0.05) is 53.9 Å². The summed E-state index contributed by atoms with van der Waals surface area (Å²) in [7, 11) is 1.79. The highest BCUT2D eigenvalue weighted by atomic mass is 16.5. The molecule has 76 heavy (non-hydrogen) atoms. The molecule has 3 aromatic rings. The van der Waals surface area contributed by atoms with Crippen LogP contribution in [-0.4, -0.2) is 71.2 Å². The Morgan fingerprint density at radius 2 is 1.75 bits per heavy atom. The Bertz CT molecular complexity index is 2910. The van der Waals surface area contributed by atoms with Crippen molar-refractivity contribution in [1.82, 2.24) is 5.32 Å². The molecule has 1 aliphatic heterocycles. The lowest BCUT2D eigenvalue weighted by Crippen LogP contribution is -2.50. The number of allylic oxidation sites excluding steroid dienone is 4. The van der Waals surface area contributed by atoms with Gasteiger partial charge in [0.15, 0.2) is 23.2 Å². The average Bonchev–Trinajstić information content (AvgIpc) is 4.01. The van der Waals surface area contributed by atoms with Crippen molar-refractivity contribution < 1.29 is 34.7 Å². The van der Waals surface area contributed by atoms with Gasteiger partial charge in [-0.3, -0.25) is 4.79 Å². The van der Waals surface area contributed by atoms with Crippen molar-refractivity contribution in [3.05, 3.63) is 122 Å². The number of hydrogen-bond donors (Lipinski definition) is 6. The molecule has 4 fully saturated rings. The quantitative estimate of drug-likeness (QED) is 0.0997. The third-order valence-electron chi connectivity index (χ3n) is 20.4. The summed E-state index contributed by atoms with van der Waals surface area (Å²) < 4.78 is 13.4. The molecule has 10 heteroatoms. The minimum Gasteiger partial charge on any atom is -0.508 e. The van der Waals surface area contributed by atoms with Crippen LogP contribution in [0.2, 0.25) is 0 Å². The molecule has 10 nitrogen and oxygen atoms in total. The van der Waals surface area contributed by atoms with E-state index in [4.69, 9.17) is 20.2 Å². The van der Waals surface area contributed by atoms with Crippen LogP contribution in [0.1, 0.15) is 186 Å². The molecule has 7 N–H and O–H groups in total. The molecular weight excluding hydrogens is 947 g/mol. The minimum atomic E-state index is -0.493. The molecule has 0 saturated heterocycles. The number of fused-ring (bicyclic) bond motifs is 13. The summed E-state index contributed by atoms with van der Waals surface area (Å²) in [6, 6.07) is 17.0. The zero-order valence-corrected chi connectivity index (χ0v) is 45.0. The summed E-state index contributed by atoms with van der Waals surface area (Å²) in [5.74, 6) is 8.49. The number of aliphatic hydroxyl groups excluding tert-OH is 2. The number of ketones is 1. The van der Waals surface area contributed by atoms with E-state index in [1.54, 1.807) is 7.11 Å². The number of benzene rings is 3. The Hall–Kier alpha value is -5.34. The maximum atomic E-state index is 15.2. The molecule has 12 rings (SSSR count). The minimum absolute atomic E-state index is 0.00279. The number of Topliss-reactive ketones (excluding diaryl/α,β-unsaturated/α-hetero) is 1. The molecule has 4 saturated carbocycles. The van der Waals surface area contributed by atoms with E-state index in [1.807, 2.05) is 12.1 Å². The number of phenolic OH excluding ortho intramolecular Hbond substituents is 2. The number of guanidine groups is 1. The number of aliphatic imine (C=N–C) groups is 1. The molecule has 0 radical (unpaired) electrons. The van der Waals surface area contributed by atoms with Gasteiger partial charge in [0.25, 0.3) is 0 Å². The highest BCUT2D eigenvalue weighted by molar-refractivity contribution is 5.98. The summed E-state index contributed by atoms with van der Waals surface area (Å²) in [5.41, 5.74) is 16.4. The molecule has 8 bridgehead atoms. The summed E-state index contributed by atoms with van der Waals surface area (Å²) in [5, 5.41) is 51.1. The normalized spacial score (nSPS) is 32.9. The lowest BCUT2D eigenvalue weighted by molar-refractivity contribution is -0.116. The van der Waals surface area contributed by atoms with Gasteiger partial charge in [0.05, 0.1) is 37.5 Å². The number of nitrogens with zero attached hydrogens (tertiary/aromatic N) is 1. The van der Waals surface area contributed by atoms with Gasteiger partial charge < -0.3 is 41.0 Å². The smallest absolute Gasteiger partial charge is 0.189 e. The van der Waals surface area contributed by atoms with E-state index in [0.717, 1.165) is 122 Å². The third kappa shape index (κ3) is 9.42. The molecule has 0 unspecified atom stereocenters. The lowest BCUT2D eigenvalue weighted by Gasteiger charge is -2.50. The predicted octanol–water partition coefficient (Wildman–Crippen LogP) is 11.4. The van der Waals surface area contributed by atoms with E-state index in [-0.39, 0.29) is 102 Å². The van der Waals surface area contributed by atoms with Crippen LogP contribution in [-0.2, 0) is 21.5 Å². The van der Waals surface area contributed by atoms with Crippen molar-refractivity contribution in [2.24, 2.45) is 51.6 Å². The lowest BCUT2D eigenvalue weighted by atomic mass is 9.55. The molecule has 9 aliphatic rings. The van der Waals surface area contributed by atoms with Crippen LogP contribution in [0, 0.1) is 52.8 Å². The van der Waals surface area contributed by atoms with Crippen LogP contribution in [0.15, 0.2) is 88.5 Å². The maximum Gasteiger partial charge on any atom is 0.189 e. The number of carbonyl (C=O) groups excluding carboxylic acids is 1. The first kappa shape index (κ1) is 51.4.